The van der Waals surface area contributed by atoms with Crippen LogP contribution in [0.1, 0.15) is 51.4 Å². The van der Waals surface area contributed by atoms with E-state index in [0.29, 0.717) is 63.1 Å². The molecule has 0 aromatic carbocycles. The van der Waals surface area contributed by atoms with Gasteiger partial charge in [-0.05, 0) is 64.6 Å². The third kappa shape index (κ3) is 4.63. The zero-order valence-corrected chi connectivity index (χ0v) is 17.5. The Labute approximate surface area is 180 Å². The summed E-state index contributed by atoms with van der Waals surface area (Å²) in [6, 6.07) is -2.34. The molecule has 0 aromatic heterocycles. The first-order valence-electron chi connectivity index (χ1n) is 10.9. The molecule has 6 N–H and O–H groups in total. The van der Waals surface area contributed by atoms with Crippen molar-refractivity contribution in [2.75, 3.05) is 19.6 Å². The molecule has 3 fully saturated rings. The lowest BCUT2D eigenvalue weighted by Gasteiger charge is -2.41. The average Bonchev–Trinajstić information content (AvgIpc) is 3.52. The highest BCUT2D eigenvalue weighted by atomic mass is 16.4. The summed E-state index contributed by atoms with van der Waals surface area (Å²) < 4.78 is 0. The fraction of sp³-hybridized carbons (Fsp3) is 0.750. The molecule has 0 saturated carbocycles. The van der Waals surface area contributed by atoms with E-state index in [0.717, 1.165) is 0 Å². The first-order chi connectivity index (χ1) is 14.8. The number of nitrogens with zero attached hydrogens (tertiary/aromatic N) is 1. The van der Waals surface area contributed by atoms with E-state index in [1.165, 1.54) is 0 Å². The van der Waals surface area contributed by atoms with Gasteiger partial charge in [-0.3, -0.25) is 24.1 Å². The second kappa shape index (κ2) is 9.84. The number of carboxylic acid groups (broad SMARTS) is 1. The second-order valence-corrected chi connectivity index (χ2v) is 8.45. The Hall–Kier alpha value is -2.37. The number of imide groups is 1. The van der Waals surface area contributed by atoms with E-state index in [1.54, 1.807) is 0 Å². The second-order valence-electron chi connectivity index (χ2n) is 8.45. The van der Waals surface area contributed by atoms with Crippen molar-refractivity contribution in [2.45, 2.75) is 75.0 Å². The van der Waals surface area contributed by atoms with E-state index >= 15 is 0 Å². The zero-order valence-electron chi connectivity index (χ0n) is 17.5. The number of carbonyl (C=O) groups is 5. The Kier molecular flexibility index (Phi) is 7.39. The summed E-state index contributed by atoms with van der Waals surface area (Å²) >= 11 is 0. The number of primary amides is 1. The number of Topliss-reactive ketones (excluding diaryl/α,β-unsaturated/α-hetero) is 1. The van der Waals surface area contributed by atoms with Crippen LogP contribution >= 0.6 is 0 Å². The molecule has 0 radical (unpaired) electrons. The maximum Gasteiger partial charge on any atom is 0.338 e. The Balaban J connectivity index is 2.09. The molecule has 0 aromatic rings. The maximum atomic E-state index is 13.6. The highest BCUT2D eigenvalue weighted by Gasteiger charge is 2.59. The van der Waals surface area contributed by atoms with Gasteiger partial charge in [0.25, 0.3) is 0 Å². The van der Waals surface area contributed by atoms with E-state index in [1.807, 2.05) is 0 Å². The van der Waals surface area contributed by atoms with E-state index in [4.69, 9.17) is 5.73 Å². The lowest BCUT2D eigenvalue weighted by Crippen LogP contribution is -2.70. The van der Waals surface area contributed by atoms with Crippen LogP contribution in [0.15, 0.2) is 0 Å². The van der Waals surface area contributed by atoms with Crippen molar-refractivity contribution in [3.05, 3.63) is 0 Å². The monoisotopic (exact) mass is 437 g/mol. The molecular weight excluding hydrogens is 406 g/mol. The fourth-order valence-corrected chi connectivity index (χ4v) is 4.74. The quantitative estimate of drug-likeness (QED) is 0.207. The molecule has 3 aliphatic rings. The number of aliphatic carboxylic acids is 1. The van der Waals surface area contributed by atoms with E-state index in [-0.39, 0.29) is 0 Å². The molecule has 0 bridgehead atoms. The summed E-state index contributed by atoms with van der Waals surface area (Å²) in [5, 5.41) is 19.3. The summed E-state index contributed by atoms with van der Waals surface area (Å²) in [6.07, 6.45) is 2.31. The minimum Gasteiger partial charge on any atom is -0.479 e. The van der Waals surface area contributed by atoms with Crippen LogP contribution in [-0.4, -0.2) is 82.8 Å². The highest BCUT2D eigenvalue weighted by molar-refractivity contribution is 6.18. The molecule has 11 heteroatoms. The Bertz CT molecular complexity index is 712. The molecule has 172 valence electrons. The van der Waals surface area contributed by atoms with Crippen molar-refractivity contribution in [3.63, 3.8) is 0 Å². The first kappa shape index (κ1) is 23.3. The molecule has 3 amide bonds. The smallest absolute Gasteiger partial charge is 0.338 e. The van der Waals surface area contributed by atoms with Crippen LogP contribution in [0.2, 0.25) is 0 Å². The van der Waals surface area contributed by atoms with Gasteiger partial charge >= 0.3 is 5.97 Å². The van der Waals surface area contributed by atoms with Crippen molar-refractivity contribution in [1.82, 2.24) is 20.9 Å². The van der Waals surface area contributed by atoms with E-state index in [2.05, 4.69) is 16.0 Å². The predicted octanol–water partition coefficient (Wildman–Crippen LogP) is -1.74. The van der Waals surface area contributed by atoms with Crippen molar-refractivity contribution < 1.29 is 29.1 Å². The number of hydrogen-bond donors (Lipinski definition) is 5. The molecule has 11 nitrogen and oxygen atoms in total. The number of carboxylic acids is 1. The number of nitrogens with one attached hydrogen (secondary N) is 3. The summed E-state index contributed by atoms with van der Waals surface area (Å²) in [7, 11) is 0. The molecule has 4 atom stereocenters. The highest BCUT2D eigenvalue weighted by Crippen LogP contribution is 2.31. The molecule has 3 aliphatic heterocycles. The minimum atomic E-state index is -2.50. The third-order valence-corrected chi connectivity index (χ3v) is 6.41. The maximum absolute atomic E-state index is 13.6. The number of nitrogens with two attached hydrogens (primary N) is 1. The molecule has 0 aliphatic carbocycles. The SMILES string of the molecule is NC(=O)CCC(C(=O)O)(C(=O)C1CCCN1)N(C(=O)C1CCCN1)C(=O)C1CCCN1. The normalized spacial score (nSPS) is 27.5. The van der Waals surface area contributed by atoms with Gasteiger partial charge < -0.3 is 26.8 Å². The molecule has 3 rings (SSSR count). The standard InChI is InChI=1S/C20H31N5O6/c21-15(26)7-8-20(19(30)31,16(27)12-4-1-9-22-12)25(17(28)13-5-2-10-23-13)18(29)14-6-3-11-24-14/h12-14,22-24H,1-11H2,(H2,21,26)(H,30,31). The van der Waals surface area contributed by atoms with Gasteiger partial charge in [-0.15, -0.1) is 0 Å². The molecule has 31 heavy (non-hydrogen) atoms. The first-order valence-corrected chi connectivity index (χ1v) is 10.9. The lowest BCUT2D eigenvalue weighted by atomic mass is 9.81. The fourth-order valence-electron chi connectivity index (χ4n) is 4.74. The minimum absolute atomic E-state index is 0.393. The number of amides is 3. The van der Waals surface area contributed by atoms with Crippen molar-refractivity contribution >= 4 is 29.5 Å². The average molecular weight is 437 g/mol. The van der Waals surface area contributed by atoms with E-state index in [9.17, 15) is 29.1 Å². The van der Waals surface area contributed by atoms with Crippen LogP contribution in [0.25, 0.3) is 0 Å². The summed E-state index contributed by atoms with van der Waals surface area (Å²) in [5.74, 6) is -4.69. The third-order valence-electron chi connectivity index (χ3n) is 6.41. The van der Waals surface area contributed by atoms with Crippen molar-refractivity contribution in [1.29, 1.82) is 0 Å². The predicted molar refractivity (Wildman–Crippen MR) is 109 cm³/mol. The van der Waals surface area contributed by atoms with Crippen LogP contribution < -0.4 is 21.7 Å². The Morgan fingerprint density at radius 1 is 0.839 bits per heavy atom. The molecule has 0 spiro atoms. The van der Waals surface area contributed by atoms with Crippen molar-refractivity contribution in [3.8, 4) is 0 Å². The molecule has 3 saturated heterocycles. The summed E-state index contributed by atoms with van der Waals surface area (Å²) in [6.45, 7) is 1.64. The zero-order chi connectivity index (χ0) is 22.6. The summed E-state index contributed by atoms with van der Waals surface area (Å²) in [4.78, 5) is 65.6. The Morgan fingerprint density at radius 2 is 1.29 bits per heavy atom. The van der Waals surface area contributed by atoms with Gasteiger partial charge in [0.2, 0.25) is 23.3 Å². The van der Waals surface area contributed by atoms with Gasteiger partial charge in [-0.25, -0.2) is 4.79 Å². The Morgan fingerprint density at radius 3 is 1.65 bits per heavy atom. The number of carbonyl (C=O) groups excluding carboxylic acids is 4. The van der Waals surface area contributed by atoms with Crippen LogP contribution in [0.3, 0.4) is 0 Å². The number of rotatable bonds is 9. The van der Waals surface area contributed by atoms with Crippen LogP contribution in [-0.2, 0) is 24.0 Å². The van der Waals surface area contributed by atoms with Crippen LogP contribution in [0.5, 0.6) is 0 Å². The number of ketones is 1. The van der Waals surface area contributed by atoms with Gasteiger partial charge in [0.05, 0.1) is 18.1 Å². The molecular formula is C20H31N5O6. The van der Waals surface area contributed by atoms with E-state index < -0.39 is 66.0 Å². The van der Waals surface area contributed by atoms with Gasteiger partial charge in [-0.1, -0.05) is 0 Å². The molecule has 4 unspecified atom stereocenters. The van der Waals surface area contributed by atoms with Crippen molar-refractivity contribution in [2.24, 2.45) is 5.73 Å². The molecule has 3 heterocycles. The van der Waals surface area contributed by atoms with Crippen LogP contribution in [0, 0.1) is 0 Å². The van der Waals surface area contributed by atoms with Gasteiger partial charge in [0, 0.05) is 6.42 Å². The largest absolute Gasteiger partial charge is 0.479 e. The lowest BCUT2D eigenvalue weighted by molar-refractivity contribution is -0.173. The van der Waals surface area contributed by atoms with Gasteiger partial charge in [0.1, 0.15) is 0 Å². The number of hydrogen-bond acceptors (Lipinski definition) is 8. The van der Waals surface area contributed by atoms with Gasteiger partial charge in [-0.2, -0.15) is 0 Å². The van der Waals surface area contributed by atoms with Crippen LogP contribution in [0.4, 0.5) is 0 Å². The topological polar surface area (TPSA) is 171 Å². The van der Waals surface area contributed by atoms with Gasteiger partial charge in [0.15, 0.2) is 5.78 Å². The summed E-state index contributed by atoms with van der Waals surface area (Å²) in [5.41, 5.74) is 2.78.